The molecule has 1 aromatic carbocycles. The largest absolute Gasteiger partial charge is 0.367 e. The van der Waals surface area contributed by atoms with Crippen molar-refractivity contribution in [2.75, 3.05) is 6.61 Å². The van der Waals surface area contributed by atoms with E-state index >= 15 is 0 Å². The highest BCUT2D eigenvalue weighted by molar-refractivity contribution is 5.14. The van der Waals surface area contributed by atoms with Gasteiger partial charge in [-0.1, -0.05) is 36.4 Å². The SMILES string of the molecule is C1=C[C@H](OCc2ccccc2)[C@H]2CO[C@@H]1O2. The van der Waals surface area contributed by atoms with Gasteiger partial charge in [-0.15, -0.1) is 0 Å². The molecular weight excluding hydrogens is 204 g/mol. The Morgan fingerprint density at radius 2 is 2.06 bits per heavy atom. The fourth-order valence-electron chi connectivity index (χ4n) is 1.97. The third kappa shape index (κ3) is 2.02. The molecule has 0 amide bonds. The molecule has 0 aliphatic carbocycles. The molecule has 0 spiro atoms. The summed E-state index contributed by atoms with van der Waals surface area (Å²) in [7, 11) is 0. The van der Waals surface area contributed by atoms with Gasteiger partial charge in [-0.3, -0.25) is 0 Å². The average Bonchev–Trinajstić information content (AvgIpc) is 2.72. The Kier molecular flexibility index (Phi) is 2.74. The topological polar surface area (TPSA) is 27.7 Å². The van der Waals surface area contributed by atoms with Crippen LogP contribution in [-0.2, 0) is 20.8 Å². The molecule has 16 heavy (non-hydrogen) atoms. The number of ether oxygens (including phenoxy) is 3. The van der Waals surface area contributed by atoms with Crippen LogP contribution in [0.4, 0.5) is 0 Å². The first-order valence-electron chi connectivity index (χ1n) is 5.53. The molecule has 3 atom stereocenters. The van der Waals surface area contributed by atoms with Crippen LogP contribution in [0.3, 0.4) is 0 Å². The predicted molar refractivity (Wildman–Crippen MR) is 58.8 cm³/mol. The number of hydrogen-bond donors (Lipinski definition) is 0. The van der Waals surface area contributed by atoms with Gasteiger partial charge in [-0.25, -0.2) is 0 Å². The van der Waals surface area contributed by atoms with Gasteiger partial charge in [-0.2, -0.15) is 0 Å². The second-order valence-corrected chi connectivity index (χ2v) is 4.02. The van der Waals surface area contributed by atoms with E-state index in [-0.39, 0.29) is 18.5 Å². The summed E-state index contributed by atoms with van der Waals surface area (Å²) in [6.07, 6.45) is 3.87. The first-order valence-corrected chi connectivity index (χ1v) is 5.53. The molecule has 0 aromatic heterocycles. The molecule has 2 aliphatic rings. The molecule has 0 radical (unpaired) electrons. The van der Waals surface area contributed by atoms with Gasteiger partial charge in [0.1, 0.15) is 12.2 Å². The standard InChI is InChI=1S/C13H14O3/c1-2-4-10(5-3-1)8-14-11-6-7-13-15-9-12(11)16-13/h1-7,11-13H,8-9H2/t11-,12+,13+/m0/s1. The molecule has 2 bridgehead atoms. The Morgan fingerprint density at radius 1 is 1.19 bits per heavy atom. The summed E-state index contributed by atoms with van der Waals surface area (Å²) in [5.41, 5.74) is 1.18. The van der Waals surface area contributed by atoms with Gasteiger partial charge in [0.15, 0.2) is 6.29 Å². The molecule has 0 saturated carbocycles. The van der Waals surface area contributed by atoms with E-state index in [2.05, 4.69) is 12.1 Å². The van der Waals surface area contributed by atoms with Crippen molar-refractivity contribution in [3.05, 3.63) is 48.0 Å². The first-order chi connectivity index (χ1) is 7.92. The Hall–Kier alpha value is -1.16. The highest BCUT2D eigenvalue weighted by atomic mass is 16.7. The van der Waals surface area contributed by atoms with Crippen molar-refractivity contribution in [1.82, 2.24) is 0 Å². The summed E-state index contributed by atoms with van der Waals surface area (Å²) in [5, 5.41) is 0. The molecule has 3 nitrogen and oxygen atoms in total. The second-order valence-electron chi connectivity index (χ2n) is 4.02. The first kappa shape index (κ1) is 10.0. The van der Waals surface area contributed by atoms with E-state index in [4.69, 9.17) is 14.2 Å². The maximum Gasteiger partial charge on any atom is 0.177 e. The Labute approximate surface area is 94.6 Å². The lowest BCUT2D eigenvalue weighted by atomic mass is 10.1. The Morgan fingerprint density at radius 3 is 2.94 bits per heavy atom. The van der Waals surface area contributed by atoms with Crippen molar-refractivity contribution < 1.29 is 14.2 Å². The van der Waals surface area contributed by atoms with Crippen LogP contribution in [0, 0.1) is 0 Å². The van der Waals surface area contributed by atoms with Crippen LogP contribution in [0.5, 0.6) is 0 Å². The van der Waals surface area contributed by atoms with Crippen LogP contribution in [0.2, 0.25) is 0 Å². The van der Waals surface area contributed by atoms with E-state index in [9.17, 15) is 0 Å². The molecular formula is C13H14O3. The minimum Gasteiger partial charge on any atom is -0.367 e. The van der Waals surface area contributed by atoms with Gasteiger partial charge in [0, 0.05) is 0 Å². The highest BCUT2D eigenvalue weighted by Crippen LogP contribution is 2.24. The van der Waals surface area contributed by atoms with E-state index in [0.717, 1.165) is 0 Å². The Bertz CT molecular complexity index is 374. The van der Waals surface area contributed by atoms with Crippen molar-refractivity contribution in [3.63, 3.8) is 0 Å². The molecule has 1 aromatic rings. The van der Waals surface area contributed by atoms with E-state index in [1.807, 2.05) is 30.4 Å². The molecule has 1 fully saturated rings. The predicted octanol–water partition coefficient (Wildman–Crippen LogP) is 1.88. The van der Waals surface area contributed by atoms with Gasteiger partial charge >= 0.3 is 0 Å². The maximum atomic E-state index is 5.81. The molecule has 2 heterocycles. The zero-order valence-electron chi connectivity index (χ0n) is 8.91. The van der Waals surface area contributed by atoms with E-state index < -0.39 is 0 Å². The zero-order chi connectivity index (χ0) is 10.8. The van der Waals surface area contributed by atoms with Crippen LogP contribution in [0.25, 0.3) is 0 Å². The summed E-state index contributed by atoms with van der Waals surface area (Å²) >= 11 is 0. The summed E-state index contributed by atoms with van der Waals surface area (Å²) in [6.45, 7) is 1.23. The smallest absolute Gasteiger partial charge is 0.177 e. The van der Waals surface area contributed by atoms with Crippen molar-refractivity contribution in [3.8, 4) is 0 Å². The quantitative estimate of drug-likeness (QED) is 0.725. The fraction of sp³-hybridized carbons (Fsp3) is 0.385. The van der Waals surface area contributed by atoms with Crippen molar-refractivity contribution in [2.24, 2.45) is 0 Å². The van der Waals surface area contributed by atoms with Crippen LogP contribution in [0.15, 0.2) is 42.5 Å². The highest BCUT2D eigenvalue weighted by Gasteiger charge is 2.34. The molecule has 3 rings (SSSR count). The second kappa shape index (κ2) is 4.37. The van der Waals surface area contributed by atoms with Crippen LogP contribution < -0.4 is 0 Å². The number of hydrogen-bond acceptors (Lipinski definition) is 3. The van der Waals surface area contributed by atoms with Crippen LogP contribution in [0.1, 0.15) is 5.56 Å². The van der Waals surface area contributed by atoms with E-state index in [0.29, 0.717) is 13.2 Å². The van der Waals surface area contributed by atoms with Crippen LogP contribution >= 0.6 is 0 Å². The van der Waals surface area contributed by atoms with Gasteiger partial charge in [-0.05, 0) is 11.6 Å². The minimum atomic E-state index is -0.151. The lowest BCUT2D eigenvalue weighted by Gasteiger charge is -2.22. The molecule has 0 unspecified atom stereocenters. The van der Waals surface area contributed by atoms with Gasteiger partial charge < -0.3 is 14.2 Å². The summed E-state index contributed by atoms with van der Waals surface area (Å²) < 4.78 is 16.7. The summed E-state index contributed by atoms with van der Waals surface area (Å²) in [5.74, 6) is 0. The normalized spacial score (nSPS) is 31.9. The third-order valence-electron chi connectivity index (χ3n) is 2.84. The zero-order valence-corrected chi connectivity index (χ0v) is 8.91. The lowest BCUT2D eigenvalue weighted by Crippen LogP contribution is -2.32. The molecule has 1 saturated heterocycles. The van der Waals surface area contributed by atoms with Crippen molar-refractivity contribution in [1.29, 1.82) is 0 Å². The molecule has 2 aliphatic heterocycles. The summed E-state index contributed by atoms with van der Waals surface area (Å²) in [4.78, 5) is 0. The monoisotopic (exact) mass is 218 g/mol. The van der Waals surface area contributed by atoms with Gasteiger partial charge in [0.2, 0.25) is 0 Å². The molecule has 3 heteroatoms. The van der Waals surface area contributed by atoms with Crippen LogP contribution in [-0.4, -0.2) is 25.1 Å². The van der Waals surface area contributed by atoms with E-state index in [1.165, 1.54) is 5.56 Å². The maximum absolute atomic E-state index is 5.81. The minimum absolute atomic E-state index is 0.0129. The Balaban J connectivity index is 1.60. The van der Waals surface area contributed by atoms with Gasteiger partial charge in [0.25, 0.3) is 0 Å². The fourth-order valence-corrected chi connectivity index (χ4v) is 1.97. The lowest BCUT2D eigenvalue weighted by molar-refractivity contribution is -0.0749. The number of rotatable bonds is 3. The van der Waals surface area contributed by atoms with Gasteiger partial charge in [0.05, 0.1) is 13.2 Å². The summed E-state index contributed by atoms with van der Waals surface area (Å²) in [6, 6.07) is 10.1. The number of benzene rings is 1. The van der Waals surface area contributed by atoms with Crippen molar-refractivity contribution >= 4 is 0 Å². The molecule has 84 valence electrons. The molecule has 0 N–H and O–H groups in total. The third-order valence-corrected chi connectivity index (χ3v) is 2.84. The van der Waals surface area contributed by atoms with E-state index in [1.54, 1.807) is 0 Å². The average molecular weight is 218 g/mol. The van der Waals surface area contributed by atoms with Crippen molar-refractivity contribution in [2.45, 2.75) is 25.1 Å². The number of fused-ring (bicyclic) bond motifs is 2.